The molecule has 1 aromatic heterocycles. The van der Waals surface area contributed by atoms with Crippen molar-refractivity contribution in [2.24, 2.45) is 7.05 Å². The molecule has 11 heteroatoms. The largest absolute Gasteiger partial charge is 0.505 e. The van der Waals surface area contributed by atoms with E-state index in [0.29, 0.717) is 4.57 Å². The summed E-state index contributed by atoms with van der Waals surface area (Å²) in [6.07, 6.45) is -4.80. The number of benzene rings is 1. The molecule has 0 bridgehead atoms. The van der Waals surface area contributed by atoms with Gasteiger partial charge in [-0.25, -0.2) is 4.68 Å². The van der Waals surface area contributed by atoms with Crippen molar-refractivity contribution >= 4 is 17.9 Å². The Bertz CT molecular complexity index is 781. The second kappa shape index (κ2) is 4.84. The molecule has 112 valence electrons. The van der Waals surface area contributed by atoms with Crippen LogP contribution in [-0.4, -0.2) is 24.4 Å². The van der Waals surface area contributed by atoms with Gasteiger partial charge in [0.15, 0.2) is 0 Å². The normalized spacial score (nSPS) is 11.6. The summed E-state index contributed by atoms with van der Waals surface area (Å²) in [5.74, 6) is -2.04. The molecule has 0 unspecified atom stereocenters. The van der Waals surface area contributed by atoms with Gasteiger partial charge < -0.3 is 5.11 Å². The Morgan fingerprint density at radius 2 is 2.05 bits per heavy atom. The molecule has 1 aromatic carbocycles. The summed E-state index contributed by atoms with van der Waals surface area (Å²) < 4.78 is 39.8. The van der Waals surface area contributed by atoms with E-state index in [1.165, 1.54) is 7.05 Å². The van der Waals surface area contributed by atoms with E-state index in [0.717, 1.165) is 22.9 Å². The smallest absolute Gasteiger partial charge is 0.452 e. The number of nitro groups is 1. The zero-order valence-corrected chi connectivity index (χ0v) is 11.1. The van der Waals surface area contributed by atoms with Gasteiger partial charge in [-0.2, -0.15) is 13.2 Å². The SMILES string of the molecule is Cn1nc(C(F)(F)F)n(-c2ccc([N+](=O)[O-])cc2O)c1=S. The number of hydrogen-bond acceptors (Lipinski definition) is 5. The van der Waals surface area contributed by atoms with Crippen LogP contribution in [0.2, 0.25) is 0 Å². The second-order valence-corrected chi connectivity index (χ2v) is 4.36. The average Bonchev–Trinajstić information content (AvgIpc) is 2.66. The molecule has 2 rings (SSSR count). The molecule has 0 aliphatic heterocycles. The van der Waals surface area contributed by atoms with Crippen molar-refractivity contribution < 1.29 is 23.2 Å². The van der Waals surface area contributed by atoms with E-state index in [1.807, 2.05) is 0 Å². The average molecular weight is 320 g/mol. The third-order valence-corrected chi connectivity index (χ3v) is 3.04. The zero-order valence-electron chi connectivity index (χ0n) is 10.3. The van der Waals surface area contributed by atoms with Crippen LogP contribution in [0.3, 0.4) is 0 Å². The monoisotopic (exact) mass is 320 g/mol. The first-order valence-electron chi connectivity index (χ1n) is 5.34. The number of halogens is 3. The van der Waals surface area contributed by atoms with E-state index >= 15 is 0 Å². The third-order valence-electron chi connectivity index (χ3n) is 2.59. The molecule has 1 N–H and O–H groups in total. The molecule has 0 atom stereocenters. The number of phenols is 1. The van der Waals surface area contributed by atoms with Crippen molar-refractivity contribution in [2.45, 2.75) is 6.18 Å². The summed E-state index contributed by atoms with van der Waals surface area (Å²) in [5, 5.41) is 23.6. The molecular weight excluding hydrogens is 313 g/mol. The number of hydrogen-bond donors (Lipinski definition) is 1. The van der Waals surface area contributed by atoms with Crippen LogP contribution in [0.4, 0.5) is 18.9 Å². The molecule has 0 aliphatic carbocycles. The molecular formula is C10H7F3N4O3S. The summed E-state index contributed by atoms with van der Waals surface area (Å²) in [5.41, 5.74) is -0.800. The van der Waals surface area contributed by atoms with Crippen molar-refractivity contribution in [3.8, 4) is 11.4 Å². The lowest BCUT2D eigenvalue weighted by Crippen LogP contribution is -2.14. The van der Waals surface area contributed by atoms with Crippen LogP contribution in [0.15, 0.2) is 18.2 Å². The van der Waals surface area contributed by atoms with Gasteiger partial charge in [-0.1, -0.05) is 0 Å². The van der Waals surface area contributed by atoms with E-state index in [1.54, 1.807) is 0 Å². The zero-order chi connectivity index (χ0) is 15.9. The second-order valence-electron chi connectivity index (χ2n) is 3.99. The fraction of sp³-hybridized carbons (Fsp3) is 0.200. The number of rotatable bonds is 2. The maximum absolute atomic E-state index is 12.9. The molecule has 1 heterocycles. The van der Waals surface area contributed by atoms with Crippen molar-refractivity contribution in [1.29, 1.82) is 0 Å². The lowest BCUT2D eigenvalue weighted by Gasteiger charge is -2.10. The van der Waals surface area contributed by atoms with Crippen LogP contribution >= 0.6 is 12.2 Å². The number of aryl methyl sites for hydroxylation is 1. The van der Waals surface area contributed by atoms with Crippen molar-refractivity contribution in [1.82, 2.24) is 14.3 Å². The predicted octanol–water partition coefficient (Wildman–Crippen LogP) is 2.57. The number of aromatic nitrogens is 3. The van der Waals surface area contributed by atoms with E-state index < -0.39 is 28.4 Å². The number of nitrogens with zero attached hydrogens (tertiary/aromatic N) is 4. The summed E-state index contributed by atoms with van der Waals surface area (Å²) in [6, 6.07) is 2.68. The third kappa shape index (κ3) is 2.59. The summed E-state index contributed by atoms with van der Waals surface area (Å²) in [6.45, 7) is 0. The number of aromatic hydroxyl groups is 1. The van der Waals surface area contributed by atoms with Gasteiger partial charge in [0.05, 0.1) is 16.7 Å². The highest BCUT2D eigenvalue weighted by Crippen LogP contribution is 2.34. The number of alkyl halides is 3. The Hall–Kier alpha value is -2.43. The first-order chi connectivity index (χ1) is 9.62. The van der Waals surface area contributed by atoms with Gasteiger partial charge in [0.2, 0.25) is 10.6 Å². The fourth-order valence-corrected chi connectivity index (χ4v) is 1.91. The lowest BCUT2D eigenvalue weighted by molar-refractivity contribution is -0.384. The van der Waals surface area contributed by atoms with Crippen molar-refractivity contribution in [2.75, 3.05) is 0 Å². The van der Waals surface area contributed by atoms with Gasteiger partial charge in [-0.15, -0.1) is 5.10 Å². The van der Waals surface area contributed by atoms with Crippen LogP contribution < -0.4 is 0 Å². The maximum atomic E-state index is 12.9. The summed E-state index contributed by atoms with van der Waals surface area (Å²) in [7, 11) is 1.22. The van der Waals surface area contributed by atoms with Crippen LogP contribution in [0, 0.1) is 14.9 Å². The highest BCUT2D eigenvalue weighted by atomic mass is 32.1. The van der Waals surface area contributed by atoms with Gasteiger partial charge in [0, 0.05) is 13.1 Å². The van der Waals surface area contributed by atoms with Crippen molar-refractivity contribution in [3.63, 3.8) is 0 Å². The van der Waals surface area contributed by atoms with Gasteiger partial charge in [-0.3, -0.25) is 14.7 Å². The highest BCUT2D eigenvalue weighted by molar-refractivity contribution is 7.71. The van der Waals surface area contributed by atoms with E-state index in [9.17, 15) is 28.4 Å². The Kier molecular flexibility index (Phi) is 3.45. The quantitative estimate of drug-likeness (QED) is 0.522. The Balaban J connectivity index is 2.73. The first-order valence-corrected chi connectivity index (χ1v) is 5.74. The van der Waals surface area contributed by atoms with E-state index in [-0.39, 0.29) is 10.5 Å². The molecule has 0 spiro atoms. The minimum absolute atomic E-state index is 0.313. The molecule has 0 saturated carbocycles. The molecule has 2 aromatic rings. The molecule has 7 nitrogen and oxygen atoms in total. The fourth-order valence-electron chi connectivity index (χ4n) is 1.68. The van der Waals surface area contributed by atoms with Gasteiger partial charge in [0.25, 0.3) is 5.69 Å². The van der Waals surface area contributed by atoms with Gasteiger partial charge >= 0.3 is 6.18 Å². The summed E-state index contributed by atoms with van der Waals surface area (Å²) >= 11 is 4.83. The molecule has 0 saturated heterocycles. The molecule has 0 amide bonds. The number of phenolic OH excluding ortho intramolecular Hbond substituents is 1. The number of non-ortho nitro benzene ring substituents is 1. The first kappa shape index (κ1) is 15.0. The topological polar surface area (TPSA) is 86.1 Å². The lowest BCUT2D eigenvalue weighted by atomic mass is 10.2. The molecule has 0 fully saturated rings. The Labute approximate surface area is 120 Å². The highest BCUT2D eigenvalue weighted by Gasteiger charge is 2.39. The molecule has 0 radical (unpaired) electrons. The van der Waals surface area contributed by atoms with Crippen LogP contribution in [0.1, 0.15) is 5.82 Å². The molecule has 0 aliphatic rings. The van der Waals surface area contributed by atoms with Crippen LogP contribution in [0.25, 0.3) is 5.69 Å². The summed E-state index contributed by atoms with van der Waals surface area (Å²) in [4.78, 5) is 9.79. The van der Waals surface area contributed by atoms with Gasteiger partial charge in [0.1, 0.15) is 5.75 Å². The maximum Gasteiger partial charge on any atom is 0.452 e. The van der Waals surface area contributed by atoms with Crippen LogP contribution in [0.5, 0.6) is 5.75 Å². The minimum atomic E-state index is -4.80. The predicted molar refractivity (Wildman–Crippen MR) is 66.7 cm³/mol. The minimum Gasteiger partial charge on any atom is -0.505 e. The van der Waals surface area contributed by atoms with Gasteiger partial charge in [-0.05, 0) is 18.3 Å². The Morgan fingerprint density at radius 3 is 2.52 bits per heavy atom. The van der Waals surface area contributed by atoms with Crippen LogP contribution in [-0.2, 0) is 13.2 Å². The Morgan fingerprint density at radius 1 is 1.43 bits per heavy atom. The van der Waals surface area contributed by atoms with Crippen molar-refractivity contribution in [3.05, 3.63) is 38.9 Å². The molecule has 21 heavy (non-hydrogen) atoms. The number of nitro benzene ring substituents is 1. The standard InChI is InChI=1S/C10H7F3N4O3S/c1-15-9(21)16(8(14-15)10(11,12)13)6-3-2-5(17(19)20)4-7(6)18/h2-4,18H,1H3. The van der Waals surface area contributed by atoms with E-state index in [4.69, 9.17) is 12.2 Å². The van der Waals surface area contributed by atoms with E-state index in [2.05, 4.69) is 5.10 Å².